The Hall–Kier alpha value is -4.22. The number of esters is 1. The van der Waals surface area contributed by atoms with Crippen LogP contribution in [0.25, 0.3) is 27.8 Å². The number of carbonyl (C=O) groups is 1. The zero-order valence-corrected chi connectivity index (χ0v) is 18.5. The van der Waals surface area contributed by atoms with Gasteiger partial charge in [0.1, 0.15) is 22.2 Å². The van der Waals surface area contributed by atoms with E-state index in [1.54, 1.807) is 47.8 Å². The van der Waals surface area contributed by atoms with Crippen LogP contribution in [0.1, 0.15) is 28.7 Å². The van der Waals surface area contributed by atoms with E-state index in [1.807, 2.05) is 19.1 Å². The summed E-state index contributed by atoms with van der Waals surface area (Å²) in [6, 6.07) is 17.9. The van der Waals surface area contributed by atoms with Crippen molar-refractivity contribution < 1.29 is 13.9 Å². The number of aromatic nitrogens is 1. The molecule has 0 fully saturated rings. The van der Waals surface area contributed by atoms with Crippen molar-refractivity contribution in [3.05, 3.63) is 87.2 Å². The first-order valence-corrected chi connectivity index (χ1v) is 11.1. The van der Waals surface area contributed by atoms with Gasteiger partial charge in [-0.2, -0.15) is 5.26 Å². The molecule has 4 aromatic rings. The molecule has 0 aliphatic rings. The Labute approximate surface area is 193 Å². The largest absolute Gasteiger partial charge is 0.462 e. The van der Waals surface area contributed by atoms with Gasteiger partial charge in [-0.15, -0.1) is 11.3 Å². The van der Waals surface area contributed by atoms with E-state index in [1.165, 1.54) is 17.5 Å². The average Bonchev–Trinajstić information content (AvgIpc) is 3.32. The van der Waals surface area contributed by atoms with Crippen LogP contribution >= 0.6 is 11.3 Å². The quantitative estimate of drug-likeness (QED) is 0.223. The number of hydrogen-bond donors (Lipinski definition) is 1. The van der Waals surface area contributed by atoms with Gasteiger partial charge in [0.25, 0.3) is 0 Å². The fourth-order valence-electron chi connectivity index (χ4n) is 3.04. The first-order valence-electron chi connectivity index (χ1n) is 10.2. The van der Waals surface area contributed by atoms with Crippen molar-refractivity contribution in [2.75, 3.05) is 11.9 Å². The highest BCUT2D eigenvalue weighted by molar-refractivity contribution is 7.11. The van der Waals surface area contributed by atoms with Gasteiger partial charge in [0, 0.05) is 22.7 Å². The smallest absolute Gasteiger partial charge is 0.345 e. The van der Waals surface area contributed by atoms with Crippen molar-refractivity contribution in [1.29, 1.82) is 5.26 Å². The predicted molar refractivity (Wildman–Crippen MR) is 128 cm³/mol. The van der Waals surface area contributed by atoms with Crippen molar-refractivity contribution in [3.8, 4) is 17.3 Å². The van der Waals surface area contributed by atoms with Crippen LogP contribution in [0.15, 0.2) is 75.4 Å². The molecule has 1 N–H and O–H groups in total. The van der Waals surface area contributed by atoms with Crippen LogP contribution < -0.4 is 10.9 Å². The lowest BCUT2D eigenvalue weighted by Gasteiger charge is -2.05. The minimum Gasteiger partial charge on any atom is -0.462 e. The van der Waals surface area contributed by atoms with Crippen LogP contribution in [0, 0.1) is 11.3 Å². The van der Waals surface area contributed by atoms with Gasteiger partial charge in [0.15, 0.2) is 0 Å². The summed E-state index contributed by atoms with van der Waals surface area (Å²) in [4.78, 5) is 28.8. The molecule has 0 amide bonds. The minimum absolute atomic E-state index is 0.308. The molecule has 2 heterocycles. The molecule has 2 aromatic carbocycles. The molecule has 2 aromatic heterocycles. The van der Waals surface area contributed by atoms with Gasteiger partial charge >= 0.3 is 11.6 Å². The highest BCUT2D eigenvalue weighted by atomic mass is 32.1. The number of thiazole rings is 1. The molecule has 0 unspecified atom stereocenters. The van der Waals surface area contributed by atoms with Crippen molar-refractivity contribution in [2.45, 2.75) is 13.3 Å². The van der Waals surface area contributed by atoms with Crippen LogP contribution in [0.2, 0.25) is 0 Å². The molecule has 8 heteroatoms. The summed E-state index contributed by atoms with van der Waals surface area (Å²) in [5, 5.41) is 15.6. The molecule has 0 radical (unpaired) electrons. The van der Waals surface area contributed by atoms with Gasteiger partial charge in [-0.05, 0) is 42.8 Å². The summed E-state index contributed by atoms with van der Waals surface area (Å²) in [6.45, 7) is 2.31. The number of fused-ring (bicyclic) bond motifs is 1. The van der Waals surface area contributed by atoms with Crippen LogP contribution in [-0.2, 0) is 4.74 Å². The summed E-state index contributed by atoms with van der Waals surface area (Å²) in [7, 11) is 0. The van der Waals surface area contributed by atoms with E-state index in [0.29, 0.717) is 45.3 Å². The maximum Gasteiger partial charge on any atom is 0.345 e. The summed E-state index contributed by atoms with van der Waals surface area (Å²) in [5.74, 6) is -0.370. The molecule has 4 rings (SSSR count). The van der Waals surface area contributed by atoms with E-state index in [4.69, 9.17) is 9.15 Å². The van der Waals surface area contributed by atoms with Gasteiger partial charge in [-0.25, -0.2) is 14.6 Å². The van der Waals surface area contributed by atoms with Crippen molar-refractivity contribution in [3.63, 3.8) is 0 Å². The predicted octanol–water partition coefficient (Wildman–Crippen LogP) is 5.46. The third-order valence-electron chi connectivity index (χ3n) is 4.71. The molecule has 0 atom stereocenters. The molecule has 0 aliphatic carbocycles. The molecule has 33 heavy (non-hydrogen) atoms. The Morgan fingerprint density at radius 3 is 2.79 bits per heavy atom. The Morgan fingerprint density at radius 2 is 2.03 bits per heavy atom. The lowest BCUT2D eigenvalue weighted by atomic mass is 10.1. The van der Waals surface area contributed by atoms with E-state index in [9.17, 15) is 14.9 Å². The second-order valence-corrected chi connectivity index (χ2v) is 7.91. The van der Waals surface area contributed by atoms with Crippen LogP contribution in [-0.4, -0.2) is 17.6 Å². The van der Waals surface area contributed by atoms with Gasteiger partial charge in [-0.3, -0.25) is 0 Å². The first kappa shape index (κ1) is 22.0. The minimum atomic E-state index is -0.483. The lowest BCUT2D eigenvalue weighted by Crippen LogP contribution is -2.05. The topological polar surface area (TPSA) is 105 Å². The molecule has 164 valence electrons. The number of para-hydroxylation sites is 1. The number of carbonyl (C=O) groups excluding carboxylic acids is 1. The second-order valence-electron chi connectivity index (χ2n) is 7.05. The number of anilines is 1. The highest BCUT2D eigenvalue weighted by Crippen LogP contribution is 2.26. The normalized spacial score (nSPS) is 11.2. The Morgan fingerprint density at radius 1 is 1.24 bits per heavy atom. The van der Waals surface area contributed by atoms with Crippen molar-refractivity contribution >= 4 is 39.5 Å². The molecule has 0 spiro atoms. The van der Waals surface area contributed by atoms with Gasteiger partial charge in [0.05, 0.1) is 23.4 Å². The van der Waals surface area contributed by atoms with Crippen LogP contribution in [0.5, 0.6) is 0 Å². The third kappa shape index (κ3) is 5.00. The number of nitrogens with zero attached hydrogens (tertiary/aromatic N) is 2. The maximum atomic E-state index is 12.4. The zero-order valence-electron chi connectivity index (χ0n) is 17.7. The number of rotatable bonds is 7. The molecule has 7 nitrogen and oxygen atoms in total. The lowest BCUT2D eigenvalue weighted by molar-refractivity contribution is 0.0505. The standard InChI is InChI=1S/C25H19N3O4S/c1-2-11-31-24(29)16-7-9-19(10-8-16)27-14-18(13-26)23-28-21(15-33-23)20-12-17-5-3-4-6-22(17)32-25(20)30/h3-10,12,14-15,27H,2,11H2,1H3. The molecular formula is C25H19N3O4S. The van der Waals surface area contributed by atoms with Crippen LogP contribution in [0.3, 0.4) is 0 Å². The fraction of sp³-hybridized carbons (Fsp3) is 0.120. The maximum absolute atomic E-state index is 12.4. The number of nitriles is 1. The summed E-state index contributed by atoms with van der Waals surface area (Å²) in [6.07, 6.45) is 2.30. The van der Waals surface area contributed by atoms with Gasteiger partial charge < -0.3 is 14.5 Å². The van der Waals surface area contributed by atoms with Crippen molar-refractivity contribution in [2.24, 2.45) is 0 Å². The molecule has 0 saturated carbocycles. The fourth-order valence-corrected chi connectivity index (χ4v) is 3.83. The third-order valence-corrected chi connectivity index (χ3v) is 5.59. The Balaban J connectivity index is 1.52. The monoisotopic (exact) mass is 457 g/mol. The number of nitrogens with one attached hydrogen (secondary N) is 1. The van der Waals surface area contributed by atoms with Gasteiger partial charge in [-0.1, -0.05) is 25.1 Å². The van der Waals surface area contributed by atoms with E-state index in [0.717, 1.165) is 11.8 Å². The number of ether oxygens (including phenoxy) is 1. The SMILES string of the molecule is CCCOC(=O)c1ccc(NC=C(C#N)c2nc(-c3cc4ccccc4oc3=O)cs2)cc1. The number of hydrogen-bond acceptors (Lipinski definition) is 8. The van der Waals surface area contributed by atoms with Crippen LogP contribution in [0.4, 0.5) is 5.69 Å². The Bertz CT molecular complexity index is 1430. The Kier molecular flexibility index (Phi) is 6.62. The summed E-state index contributed by atoms with van der Waals surface area (Å²) in [5.41, 5.74) is 2.27. The van der Waals surface area contributed by atoms with E-state index < -0.39 is 5.63 Å². The van der Waals surface area contributed by atoms with E-state index >= 15 is 0 Å². The zero-order chi connectivity index (χ0) is 23.2. The second kappa shape index (κ2) is 9.94. The highest BCUT2D eigenvalue weighted by Gasteiger charge is 2.14. The average molecular weight is 458 g/mol. The van der Waals surface area contributed by atoms with E-state index in [-0.39, 0.29) is 5.97 Å². The van der Waals surface area contributed by atoms with Crippen molar-refractivity contribution in [1.82, 2.24) is 4.98 Å². The number of allylic oxidation sites excluding steroid dienone is 1. The molecule has 0 bridgehead atoms. The molecule has 0 saturated heterocycles. The van der Waals surface area contributed by atoms with E-state index in [2.05, 4.69) is 16.4 Å². The van der Waals surface area contributed by atoms with Gasteiger partial charge in [0.2, 0.25) is 0 Å². The summed E-state index contributed by atoms with van der Waals surface area (Å²) < 4.78 is 10.5. The molecule has 0 aliphatic heterocycles. The number of benzene rings is 2. The first-order chi connectivity index (χ1) is 16.1. The molecular weight excluding hydrogens is 438 g/mol. The summed E-state index contributed by atoms with van der Waals surface area (Å²) >= 11 is 1.26.